The summed E-state index contributed by atoms with van der Waals surface area (Å²) in [5, 5.41) is 2.98. The van der Waals surface area contributed by atoms with Crippen LogP contribution in [0.15, 0.2) is 78.9 Å². The van der Waals surface area contributed by atoms with Gasteiger partial charge >= 0.3 is 0 Å². The Kier molecular flexibility index (Phi) is 10.7. The van der Waals surface area contributed by atoms with Crippen molar-refractivity contribution >= 4 is 27.5 Å². The fourth-order valence-electron chi connectivity index (χ4n) is 4.27. The van der Waals surface area contributed by atoms with E-state index in [1.54, 1.807) is 43.5 Å². The first-order valence-corrected chi connectivity index (χ1v) is 15.1. The molecular formula is C31H39N3O5S. The summed E-state index contributed by atoms with van der Waals surface area (Å²) in [6, 6.07) is 22.8. The van der Waals surface area contributed by atoms with E-state index in [0.717, 1.165) is 27.3 Å². The number of sulfonamides is 1. The molecule has 9 heteroatoms. The van der Waals surface area contributed by atoms with Crippen molar-refractivity contribution in [3.05, 3.63) is 95.6 Å². The Morgan fingerprint density at radius 3 is 2.17 bits per heavy atom. The van der Waals surface area contributed by atoms with Crippen molar-refractivity contribution in [2.24, 2.45) is 5.92 Å². The van der Waals surface area contributed by atoms with Crippen LogP contribution in [-0.4, -0.2) is 57.6 Å². The first kappa shape index (κ1) is 30.7. The quantitative estimate of drug-likeness (QED) is 0.336. The number of aryl methyl sites for hydroxylation is 1. The highest BCUT2D eigenvalue weighted by atomic mass is 32.2. The highest BCUT2D eigenvalue weighted by Crippen LogP contribution is 2.22. The molecule has 0 bridgehead atoms. The van der Waals surface area contributed by atoms with E-state index in [2.05, 4.69) is 5.32 Å². The van der Waals surface area contributed by atoms with Gasteiger partial charge in [-0.15, -0.1) is 0 Å². The van der Waals surface area contributed by atoms with Crippen molar-refractivity contribution in [3.8, 4) is 5.75 Å². The number of methoxy groups -OCH3 is 1. The largest absolute Gasteiger partial charge is 0.497 e. The zero-order chi connectivity index (χ0) is 29.3. The van der Waals surface area contributed by atoms with Gasteiger partial charge in [-0.25, -0.2) is 8.42 Å². The number of carbonyl (C=O) groups excluding carboxylic acids is 2. The summed E-state index contributed by atoms with van der Waals surface area (Å²) in [7, 11) is -2.24. The van der Waals surface area contributed by atoms with E-state index in [4.69, 9.17) is 4.74 Å². The molecule has 40 heavy (non-hydrogen) atoms. The van der Waals surface area contributed by atoms with E-state index < -0.39 is 28.5 Å². The lowest BCUT2D eigenvalue weighted by atomic mass is 10.0. The molecule has 8 nitrogen and oxygen atoms in total. The minimum Gasteiger partial charge on any atom is -0.497 e. The van der Waals surface area contributed by atoms with Crippen molar-refractivity contribution in [3.63, 3.8) is 0 Å². The SMILES string of the molecule is COc1cccc(CN(C(=O)CN(c2ccc(C)cc2)S(C)(=O)=O)C(Cc2ccccc2)C(=O)NCC(C)C)c1. The number of rotatable bonds is 13. The highest BCUT2D eigenvalue weighted by molar-refractivity contribution is 7.92. The van der Waals surface area contributed by atoms with Crippen LogP contribution in [0, 0.1) is 12.8 Å². The summed E-state index contributed by atoms with van der Waals surface area (Å²) in [6.45, 7) is 5.99. The molecule has 0 aliphatic rings. The number of benzene rings is 3. The molecule has 214 valence electrons. The molecule has 1 N–H and O–H groups in total. The van der Waals surface area contributed by atoms with Crippen LogP contribution in [0.3, 0.4) is 0 Å². The standard InChI is InChI=1S/C31H39N3O5S/c1-23(2)20-32-31(36)29(19-25-10-7-6-8-11-25)33(21-26-12-9-13-28(18-26)39-4)30(35)22-34(40(5,37)38)27-16-14-24(3)15-17-27/h6-18,23,29H,19-22H2,1-5H3,(H,32,36). The minimum atomic E-state index is -3.80. The Hall–Kier alpha value is -3.85. The van der Waals surface area contributed by atoms with Crippen molar-refractivity contribution in [1.82, 2.24) is 10.2 Å². The third-order valence-corrected chi connectivity index (χ3v) is 7.58. The van der Waals surface area contributed by atoms with Gasteiger partial charge in [0.05, 0.1) is 19.1 Å². The van der Waals surface area contributed by atoms with Gasteiger partial charge in [0.25, 0.3) is 0 Å². The highest BCUT2D eigenvalue weighted by Gasteiger charge is 2.33. The van der Waals surface area contributed by atoms with E-state index in [0.29, 0.717) is 18.0 Å². The van der Waals surface area contributed by atoms with Crippen LogP contribution in [0.25, 0.3) is 0 Å². The van der Waals surface area contributed by atoms with Gasteiger partial charge in [-0.1, -0.05) is 74.0 Å². The Morgan fingerprint density at radius 1 is 0.925 bits per heavy atom. The predicted octanol–water partition coefficient (Wildman–Crippen LogP) is 4.18. The van der Waals surface area contributed by atoms with Crippen molar-refractivity contribution < 1.29 is 22.7 Å². The molecule has 3 aromatic carbocycles. The van der Waals surface area contributed by atoms with Crippen LogP contribution >= 0.6 is 0 Å². The Bertz CT molecular complexity index is 1380. The van der Waals surface area contributed by atoms with Gasteiger partial charge in [0.2, 0.25) is 21.8 Å². The van der Waals surface area contributed by atoms with Gasteiger partial charge in [0, 0.05) is 19.5 Å². The van der Waals surface area contributed by atoms with E-state index in [9.17, 15) is 18.0 Å². The molecule has 0 saturated heterocycles. The van der Waals surface area contributed by atoms with E-state index in [1.165, 1.54) is 4.90 Å². The molecule has 1 atom stereocenters. The van der Waals surface area contributed by atoms with Gasteiger partial charge < -0.3 is 15.0 Å². The summed E-state index contributed by atoms with van der Waals surface area (Å²) >= 11 is 0. The second-order valence-corrected chi connectivity index (χ2v) is 12.2. The third-order valence-electron chi connectivity index (χ3n) is 6.44. The van der Waals surface area contributed by atoms with Crippen molar-refractivity contribution in [1.29, 1.82) is 0 Å². The summed E-state index contributed by atoms with van der Waals surface area (Å²) in [5.74, 6) is 0.0433. The average molecular weight is 566 g/mol. The lowest BCUT2D eigenvalue weighted by Gasteiger charge is -2.33. The van der Waals surface area contributed by atoms with Crippen molar-refractivity contribution in [2.75, 3.05) is 30.8 Å². The lowest BCUT2D eigenvalue weighted by Crippen LogP contribution is -2.53. The minimum absolute atomic E-state index is 0.0914. The zero-order valence-electron chi connectivity index (χ0n) is 23.8. The smallest absolute Gasteiger partial charge is 0.244 e. The van der Waals surface area contributed by atoms with E-state index in [-0.39, 0.29) is 24.8 Å². The van der Waals surface area contributed by atoms with Crippen LogP contribution in [0.2, 0.25) is 0 Å². The monoisotopic (exact) mass is 565 g/mol. The van der Waals surface area contributed by atoms with Crippen LogP contribution in [0.4, 0.5) is 5.69 Å². The molecule has 0 saturated carbocycles. The molecule has 0 spiro atoms. The van der Waals surface area contributed by atoms with Gasteiger partial charge in [-0.2, -0.15) is 0 Å². The number of nitrogens with one attached hydrogen (secondary N) is 1. The van der Waals surface area contributed by atoms with Crippen LogP contribution in [0.1, 0.15) is 30.5 Å². The number of amides is 2. The summed E-state index contributed by atoms with van der Waals surface area (Å²) in [5.41, 5.74) is 2.98. The molecular weight excluding hydrogens is 526 g/mol. The second kappa shape index (κ2) is 14.0. The van der Waals surface area contributed by atoms with E-state index in [1.807, 2.05) is 63.2 Å². The maximum absolute atomic E-state index is 14.1. The molecule has 0 heterocycles. The molecule has 3 rings (SSSR count). The van der Waals surface area contributed by atoms with E-state index >= 15 is 0 Å². The first-order chi connectivity index (χ1) is 19.0. The molecule has 1 unspecified atom stereocenters. The van der Waals surface area contributed by atoms with Gasteiger partial charge in [-0.3, -0.25) is 13.9 Å². The molecule has 3 aromatic rings. The summed E-state index contributed by atoms with van der Waals surface area (Å²) in [4.78, 5) is 29.2. The second-order valence-electron chi connectivity index (χ2n) is 10.3. The van der Waals surface area contributed by atoms with Crippen LogP contribution < -0.4 is 14.4 Å². The topological polar surface area (TPSA) is 96.0 Å². The zero-order valence-corrected chi connectivity index (χ0v) is 24.6. The third kappa shape index (κ3) is 8.84. The molecule has 0 radical (unpaired) electrons. The normalized spacial score (nSPS) is 12.1. The number of ether oxygens (including phenoxy) is 1. The number of nitrogens with zero attached hydrogens (tertiary/aromatic N) is 2. The fraction of sp³-hybridized carbons (Fsp3) is 0.355. The van der Waals surface area contributed by atoms with Gasteiger partial charge in [-0.05, 0) is 48.2 Å². The molecule has 0 fully saturated rings. The molecule has 0 aliphatic heterocycles. The Labute approximate surface area is 238 Å². The first-order valence-electron chi connectivity index (χ1n) is 13.3. The fourth-order valence-corrected chi connectivity index (χ4v) is 5.12. The maximum Gasteiger partial charge on any atom is 0.244 e. The Morgan fingerprint density at radius 2 is 1.57 bits per heavy atom. The number of hydrogen-bond acceptors (Lipinski definition) is 5. The van der Waals surface area contributed by atoms with Gasteiger partial charge in [0.1, 0.15) is 18.3 Å². The van der Waals surface area contributed by atoms with Gasteiger partial charge in [0.15, 0.2) is 0 Å². The predicted molar refractivity (Wildman–Crippen MR) is 159 cm³/mol. The number of carbonyl (C=O) groups is 2. The molecule has 0 aliphatic carbocycles. The number of anilines is 1. The summed E-state index contributed by atoms with van der Waals surface area (Å²) < 4.78 is 32.2. The average Bonchev–Trinajstić information content (AvgIpc) is 2.92. The summed E-state index contributed by atoms with van der Waals surface area (Å²) in [6.07, 6.45) is 1.34. The lowest BCUT2D eigenvalue weighted by molar-refractivity contribution is -0.140. The molecule has 2 amide bonds. The van der Waals surface area contributed by atoms with Crippen LogP contribution in [-0.2, 0) is 32.6 Å². The van der Waals surface area contributed by atoms with Crippen molar-refractivity contribution in [2.45, 2.75) is 39.8 Å². The maximum atomic E-state index is 14.1. The number of hydrogen-bond donors (Lipinski definition) is 1. The van der Waals surface area contributed by atoms with Crippen LogP contribution in [0.5, 0.6) is 5.75 Å². The Balaban J connectivity index is 2.05. The molecule has 0 aromatic heterocycles.